The number of hydrogen-bond donors (Lipinski definition) is 2. The van der Waals surface area contributed by atoms with E-state index in [-0.39, 0.29) is 5.91 Å². The topological polar surface area (TPSA) is 93.7 Å². The average molecular weight is 384 g/mol. The molecule has 2 rings (SSSR count). The third-order valence-electron chi connectivity index (χ3n) is 3.79. The van der Waals surface area contributed by atoms with E-state index in [4.69, 9.17) is 9.47 Å². The first-order valence-corrected chi connectivity index (χ1v) is 9.00. The summed E-state index contributed by atoms with van der Waals surface area (Å²) in [6.07, 6.45) is 0. The van der Waals surface area contributed by atoms with E-state index in [9.17, 15) is 14.4 Å². The lowest BCUT2D eigenvalue weighted by Gasteiger charge is -2.13. The summed E-state index contributed by atoms with van der Waals surface area (Å²) >= 11 is 0. The smallest absolute Gasteiger partial charge is 0.338 e. The molecule has 0 heterocycles. The van der Waals surface area contributed by atoms with Gasteiger partial charge in [-0.25, -0.2) is 4.79 Å². The zero-order valence-electron chi connectivity index (χ0n) is 15.9. The molecule has 1 atom stereocenters. The summed E-state index contributed by atoms with van der Waals surface area (Å²) in [6.45, 7) is 3.77. The highest BCUT2D eigenvalue weighted by atomic mass is 16.5. The fourth-order valence-corrected chi connectivity index (χ4v) is 2.32. The number of ether oxygens (including phenoxy) is 2. The fraction of sp³-hybridized carbons (Fsp3) is 0.286. The molecular weight excluding hydrogens is 360 g/mol. The van der Waals surface area contributed by atoms with E-state index in [0.717, 1.165) is 5.56 Å². The standard InChI is InChI=1S/C21H24N2O5/c1-3-22-20(25)15(2)23-19(24)14-28-21(26)17-9-11-18(12-10-17)27-13-16-7-5-4-6-8-16/h4-12,15H,3,13-14H2,1-2H3,(H,22,25)(H,23,24)/t15-/m0/s1. The predicted octanol–water partition coefficient (Wildman–Crippen LogP) is 2.06. The second kappa shape index (κ2) is 10.7. The number of likely N-dealkylation sites (N-methyl/N-ethyl adjacent to an activating group) is 1. The van der Waals surface area contributed by atoms with E-state index in [2.05, 4.69) is 10.6 Å². The summed E-state index contributed by atoms with van der Waals surface area (Å²) in [7, 11) is 0. The van der Waals surface area contributed by atoms with Crippen molar-refractivity contribution in [2.24, 2.45) is 0 Å². The predicted molar refractivity (Wildman–Crippen MR) is 104 cm³/mol. The number of nitrogens with one attached hydrogen (secondary N) is 2. The van der Waals surface area contributed by atoms with Crippen molar-refractivity contribution < 1.29 is 23.9 Å². The number of carbonyl (C=O) groups excluding carboxylic acids is 3. The summed E-state index contributed by atoms with van der Waals surface area (Å²) in [5.41, 5.74) is 1.34. The second-order valence-electron chi connectivity index (χ2n) is 6.06. The Kier molecular flexibility index (Phi) is 8.02. The highest BCUT2D eigenvalue weighted by Crippen LogP contribution is 2.15. The first-order valence-electron chi connectivity index (χ1n) is 9.00. The zero-order chi connectivity index (χ0) is 20.4. The van der Waals surface area contributed by atoms with Gasteiger partial charge in [0.1, 0.15) is 18.4 Å². The number of hydrogen-bond acceptors (Lipinski definition) is 5. The van der Waals surface area contributed by atoms with Crippen molar-refractivity contribution >= 4 is 17.8 Å². The first kappa shape index (κ1) is 21.0. The first-order chi connectivity index (χ1) is 13.5. The van der Waals surface area contributed by atoms with Gasteiger partial charge >= 0.3 is 5.97 Å². The van der Waals surface area contributed by atoms with Gasteiger partial charge in [-0.15, -0.1) is 0 Å². The van der Waals surface area contributed by atoms with Crippen LogP contribution in [0.4, 0.5) is 0 Å². The Morgan fingerprint density at radius 3 is 2.32 bits per heavy atom. The van der Waals surface area contributed by atoms with Crippen molar-refractivity contribution in [1.29, 1.82) is 0 Å². The summed E-state index contributed by atoms with van der Waals surface area (Å²) in [5, 5.41) is 5.06. The molecule has 0 aliphatic carbocycles. The Labute approximate surface area is 164 Å². The van der Waals surface area contributed by atoms with E-state index < -0.39 is 24.5 Å². The molecule has 0 aromatic heterocycles. The summed E-state index contributed by atoms with van der Waals surface area (Å²) in [4.78, 5) is 35.4. The Balaban J connectivity index is 1.77. The molecule has 0 aliphatic heterocycles. The molecule has 0 saturated heterocycles. The molecule has 2 aromatic rings. The minimum Gasteiger partial charge on any atom is -0.489 e. The number of amides is 2. The SMILES string of the molecule is CCNC(=O)[C@H](C)NC(=O)COC(=O)c1ccc(OCc2ccccc2)cc1. The largest absolute Gasteiger partial charge is 0.489 e. The van der Waals surface area contributed by atoms with Crippen LogP contribution >= 0.6 is 0 Å². The molecule has 0 aliphatic rings. The molecule has 0 unspecified atom stereocenters. The normalized spacial score (nSPS) is 11.2. The molecule has 7 nitrogen and oxygen atoms in total. The van der Waals surface area contributed by atoms with Crippen molar-refractivity contribution in [1.82, 2.24) is 10.6 Å². The molecular formula is C21H24N2O5. The Morgan fingerprint density at radius 2 is 1.68 bits per heavy atom. The summed E-state index contributed by atoms with van der Waals surface area (Å²) in [5.74, 6) is -0.854. The van der Waals surface area contributed by atoms with Gasteiger partial charge in [0.15, 0.2) is 6.61 Å². The summed E-state index contributed by atoms with van der Waals surface area (Å²) in [6, 6.07) is 15.5. The molecule has 28 heavy (non-hydrogen) atoms. The molecule has 7 heteroatoms. The van der Waals surface area contributed by atoms with Crippen LogP contribution in [0.1, 0.15) is 29.8 Å². The van der Waals surface area contributed by atoms with E-state index in [0.29, 0.717) is 24.5 Å². The Hall–Kier alpha value is -3.35. The lowest BCUT2D eigenvalue weighted by atomic mass is 10.2. The lowest BCUT2D eigenvalue weighted by Crippen LogP contribution is -2.46. The fourth-order valence-electron chi connectivity index (χ4n) is 2.32. The van der Waals surface area contributed by atoms with Crippen molar-refractivity contribution in [2.75, 3.05) is 13.2 Å². The maximum absolute atomic E-state index is 12.0. The highest BCUT2D eigenvalue weighted by Gasteiger charge is 2.16. The van der Waals surface area contributed by atoms with E-state index in [1.807, 2.05) is 30.3 Å². The van der Waals surface area contributed by atoms with E-state index in [1.165, 1.54) is 0 Å². The van der Waals surface area contributed by atoms with Gasteiger partial charge in [0.2, 0.25) is 5.91 Å². The minimum absolute atomic E-state index is 0.298. The van der Waals surface area contributed by atoms with Crippen LogP contribution in [0.3, 0.4) is 0 Å². The van der Waals surface area contributed by atoms with Crippen LogP contribution in [-0.4, -0.2) is 37.0 Å². The van der Waals surface area contributed by atoms with Crippen molar-refractivity contribution in [3.8, 4) is 5.75 Å². The number of benzene rings is 2. The lowest BCUT2D eigenvalue weighted by molar-refractivity contribution is -0.130. The number of carbonyl (C=O) groups is 3. The van der Waals surface area contributed by atoms with Gasteiger partial charge in [0, 0.05) is 6.54 Å². The van der Waals surface area contributed by atoms with Crippen LogP contribution < -0.4 is 15.4 Å². The third-order valence-corrected chi connectivity index (χ3v) is 3.79. The maximum atomic E-state index is 12.0. The highest BCUT2D eigenvalue weighted by molar-refractivity contribution is 5.92. The van der Waals surface area contributed by atoms with Gasteiger partial charge in [-0.2, -0.15) is 0 Å². The van der Waals surface area contributed by atoms with Gasteiger partial charge in [0.05, 0.1) is 5.56 Å². The maximum Gasteiger partial charge on any atom is 0.338 e. The van der Waals surface area contributed by atoms with Crippen LogP contribution in [0.25, 0.3) is 0 Å². The monoisotopic (exact) mass is 384 g/mol. The zero-order valence-corrected chi connectivity index (χ0v) is 15.9. The second-order valence-corrected chi connectivity index (χ2v) is 6.06. The van der Waals surface area contributed by atoms with Gasteiger partial charge in [-0.1, -0.05) is 30.3 Å². The number of esters is 1. The van der Waals surface area contributed by atoms with Crippen LogP contribution in [0.15, 0.2) is 54.6 Å². The van der Waals surface area contributed by atoms with Crippen molar-refractivity contribution in [2.45, 2.75) is 26.5 Å². The molecule has 2 N–H and O–H groups in total. The molecule has 0 saturated carbocycles. The van der Waals surface area contributed by atoms with Crippen LogP contribution in [0.5, 0.6) is 5.75 Å². The molecule has 0 bridgehead atoms. The van der Waals surface area contributed by atoms with Gasteiger partial charge < -0.3 is 20.1 Å². The Bertz CT molecular complexity index is 790. The molecule has 0 spiro atoms. The number of rotatable bonds is 9. The van der Waals surface area contributed by atoms with E-state index >= 15 is 0 Å². The summed E-state index contributed by atoms with van der Waals surface area (Å²) < 4.78 is 10.6. The average Bonchev–Trinajstić information content (AvgIpc) is 2.71. The molecule has 0 fully saturated rings. The van der Waals surface area contributed by atoms with Gasteiger partial charge in [0.25, 0.3) is 5.91 Å². The van der Waals surface area contributed by atoms with Gasteiger partial charge in [-0.05, 0) is 43.7 Å². The van der Waals surface area contributed by atoms with Crippen LogP contribution in [-0.2, 0) is 20.9 Å². The molecule has 2 aromatic carbocycles. The minimum atomic E-state index is -0.702. The molecule has 0 radical (unpaired) electrons. The quantitative estimate of drug-likeness (QED) is 0.646. The third kappa shape index (κ3) is 6.75. The molecule has 148 valence electrons. The van der Waals surface area contributed by atoms with Crippen LogP contribution in [0, 0.1) is 0 Å². The van der Waals surface area contributed by atoms with Crippen molar-refractivity contribution in [3.05, 3.63) is 65.7 Å². The van der Waals surface area contributed by atoms with E-state index in [1.54, 1.807) is 38.1 Å². The van der Waals surface area contributed by atoms with Crippen molar-refractivity contribution in [3.63, 3.8) is 0 Å². The Morgan fingerprint density at radius 1 is 1.00 bits per heavy atom. The van der Waals surface area contributed by atoms with Gasteiger partial charge in [-0.3, -0.25) is 9.59 Å². The van der Waals surface area contributed by atoms with Crippen LogP contribution in [0.2, 0.25) is 0 Å². The molecule has 2 amide bonds.